The molecule has 3 aromatic rings. The van der Waals surface area contributed by atoms with Crippen molar-refractivity contribution < 1.29 is 14.4 Å². The fourth-order valence-electron chi connectivity index (χ4n) is 1.95. The number of benzene rings is 1. The lowest BCUT2D eigenvalue weighted by Crippen LogP contribution is -2.23. The van der Waals surface area contributed by atoms with E-state index in [1.165, 1.54) is 12.1 Å². The molecule has 1 amide bonds. The number of carbonyl (C=O) groups is 1. The van der Waals surface area contributed by atoms with E-state index in [0.29, 0.717) is 17.9 Å². The van der Waals surface area contributed by atoms with Crippen molar-refractivity contribution in [2.75, 3.05) is 0 Å². The largest absolute Gasteiger partial charge is 0.508 e. The van der Waals surface area contributed by atoms with E-state index in [0.717, 1.165) is 5.56 Å². The number of nitrogens with one attached hydrogen (secondary N) is 1. The van der Waals surface area contributed by atoms with Crippen molar-refractivity contribution in [1.29, 1.82) is 0 Å². The van der Waals surface area contributed by atoms with E-state index in [4.69, 9.17) is 4.52 Å². The van der Waals surface area contributed by atoms with Gasteiger partial charge in [-0.15, -0.1) is 0 Å². The Balaban J connectivity index is 1.69. The van der Waals surface area contributed by atoms with Gasteiger partial charge in [0.25, 0.3) is 5.91 Å². The van der Waals surface area contributed by atoms with Gasteiger partial charge in [-0.05, 0) is 23.8 Å². The van der Waals surface area contributed by atoms with Gasteiger partial charge in [-0.2, -0.15) is 0 Å². The summed E-state index contributed by atoms with van der Waals surface area (Å²) in [7, 11) is 0. The fourth-order valence-corrected chi connectivity index (χ4v) is 1.95. The highest BCUT2D eigenvalue weighted by Crippen LogP contribution is 2.23. The van der Waals surface area contributed by atoms with Gasteiger partial charge in [-0.25, -0.2) is 0 Å². The van der Waals surface area contributed by atoms with Gasteiger partial charge in [-0.1, -0.05) is 23.4 Å². The molecular formula is C16H13N3O3. The molecule has 0 atom stereocenters. The van der Waals surface area contributed by atoms with Crippen molar-refractivity contribution in [1.82, 2.24) is 15.5 Å². The van der Waals surface area contributed by atoms with Crippen LogP contribution in [0.4, 0.5) is 0 Å². The summed E-state index contributed by atoms with van der Waals surface area (Å²) >= 11 is 0. The van der Waals surface area contributed by atoms with Gasteiger partial charge in [0.2, 0.25) is 0 Å². The zero-order valence-electron chi connectivity index (χ0n) is 11.6. The molecule has 2 N–H and O–H groups in total. The first-order chi connectivity index (χ1) is 10.7. The fraction of sp³-hybridized carbons (Fsp3) is 0.0625. The topological polar surface area (TPSA) is 88.2 Å². The van der Waals surface area contributed by atoms with Crippen molar-refractivity contribution in [3.05, 3.63) is 66.1 Å². The Morgan fingerprint density at radius 2 is 2.14 bits per heavy atom. The molecule has 0 aliphatic heterocycles. The predicted octanol–water partition coefficient (Wildman–Crippen LogP) is 2.37. The highest BCUT2D eigenvalue weighted by Gasteiger charge is 2.13. The molecular weight excluding hydrogens is 282 g/mol. The number of rotatable bonds is 4. The van der Waals surface area contributed by atoms with E-state index in [-0.39, 0.29) is 17.4 Å². The molecule has 0 saturated heterocycles. The second kappa shape index (κ2) is 6.09. The molecule has 6 nitrogen and oxygen atoms in total. The summed E-state index contributed by atoms with van der Waals surface area (Å²) in [6, 6.07) is 11.8. The smallest absolute Gasteiger partial charge is 0.273 e. The van der Waals surface area contributed by atoms with Crippen LogP contribution < -0.4 is 5.32 Å². The van der Waals surface area contributed by atoms with Crippen LogP contribution in [0.2, 0.25) is 0 Å². The molecule has 0 bridgehead atoms. The number of pyridine rings is 1. The highest BCUT2D eigenvalue weighted by molar-refractivity contribution is 5.93. The van der Waals surface area contributed by atoms with Crippen molar-refractivity contribution in [3.8, 4) is 17.1 Å². The second-order valence-corrected chi connectivity index (χ2v) is 4.67. The Kier molecular flexibility index (Phi) is 3.82. The Morgan fingerprint density at radius 1 is 1.23 bits per heavy atom. The summed E-state index contributed by atoms with van der Waals surface area (Å²) < 4.78 is 5.14. The molecule has 2 aromatic heterocycles. The van der Waals surface area contributed by atoms with E-state index in [1.807, 2.05) is 6.07 Å². The minimum absolute atomic E-state index is 0.122. The average molecular weight is 295 g/mol. The van der Waals surface area contributed by atoms with Crippen LogP contribution in [0.5, 0.6) is 5.75 Å². The first kappa shape index (κ1) is 13.8. The second-order valence-electron chi connectivity index (χ2n) is 4.67. The maximum Gasteiger partial charge on any atom is 0.273 e. The van der Waals surface area contributed by atoms with Crippen molar-refractivity contribution in [2.45, 2.75) is 6.54 Å². The van der Waals surface area contributed by atoms with Crippen molar-refractivity contribution in [2.24, 2.45) is 0 Å². The van der Waals surface area contributed by atoms with Gasteiger partial charge >= 0.3 is 0 Å². The third-order valence-corrected chi connectivity index (χ3v) is 3.05. The third kappa shape index (κ3) is 3.12. The zero-order chi connectivity index (χ0) is 15.4. The van der Waals surface area contributed by atoms with Crippen LogP contribution in [0.25, 0.3) is 11.3 Å². The lowest BCUT2D eigenvalue weighted by Gasteiger charge is -2.01. The van der Waals surface area contributed by atoms with Gasteiger partial charge in [0.05, 0.1) is 0 Å². The van der Waals surface area contributed by atoms with Gasteiger partial charge in [-0.3, -0.25) is 9.78 Å². The van der Waals surface area contributed by atoms with Crippen LogP contribution >= 0.6 is 0 Å². The highest BCUT2D eigenvalue weighted by atomic mass is 16.5. The molecule has 6 heteroatoms. The number of nitrogens with zero attached hydrogens (tertiary/aromatic N) is 2. The standard InChI is InChI=1S/C16H13N3O3/c20-13-5-1-4-12(7-13)15-8-14(19-22-15)16(21)18-10-11-3-2-6-17-9-11/h1-9,20H,10H2,(H,18,21). The summed E-state index contributed by atoms with van der Waals surface area (Å²) in [6.45, 7) is 0.362. The summed E-state index contributed by atoms with van der Waals surface area (Å²) in [4.78, 5) is 16.0. The number of hydrogen-bond donors (Lipinski definition) is 2. The maximum atomic E-state index is 12.0. The summed E-state index contributed by atoms with van der Waals surface area (Å²) in [5, 5.41) is 15.9. The van der Waals surface area contributed by atoms with E-state index in [9.17, 15) is 9.90 Å². The van der Waals surface area contributed by atoms with Gasteiger partial charge < -0.3 is 14.9 Å². The van der Waals surface area contributed by atoms with E-state index in [1.54, 1.807) is 36.7 Å². The third-order valence-electron chi connectivity index (χ3n) is 3.05. The quantitative estimate of drug-likeness (QED) is 0.771. The summed E-state index contributed by atoms with van der Waals surface area (Å²) in [5.74, 6) is 0.206. The number of aromatic nitrogens is 2. The lowest BCUT2D eigenvalue weighted by atomic mass is 10.1. The van der Waals surface area contributed by atoms with E-state index in [2.05, 4.69) is 15.5 Å². The van der Waals surface area contributed by atoms with Crippen LogP contribution in [0.15, 0.2) is 59.4 Å². The number of phenols is 1. The molecule has 0 aliphatic carbocycles. The normalized spacial score (nSPS) is 10.4. The van der Waals surface area contributed by atoms with Crippen molar-refractivity contribution >= 4 is 5.91 Å². The van der Waals surface area contributed by atoms with Crippen molar-refractivity contribution in [3.63, 3.8) is 0 Å². The predicted molar refractivity (Wildman–Crippen MR) is 79.0 cm³/mol. The Labute approximate surface area is 126 Å². The first-order valence-corrected chi connectivity index (χ1v) is 6.65. The van der Waals surface area contributed by atoms with Crippen LogP contribution in [0.3, 0.4) is 0 Å². The number of aromatic hydroxyl groups is 1. The van der Waals surface area contributed by atoms with Crippen LogP contribution in [-0.4, -0.2) is 21.2 Å². The summed E-state index contributed by atoms with van der Waals surface area (Å²) in [5.41, 5.74) is 1.73. The molecule has 3 rings (SSSR count). The number of hydrogen-bond acceptors (Lipinski definition) is 5. The Bertz CT molecular complexity index is 784. The first-order valence-electron chi connectivity index (χ1n) is 6.65. The van der Waals surface area contributed by atoms with E-state index < -0.39 is 0 Å². The Morgan fingerprint density at radius 3 is 2.91 bits per heavy atom. The average Bonchev–Trinajstić information content (AvgIpc) is 3.04. The minimum Gasteiger partial charge on any atom is -0.508 e. The molecule has 0 aliphatic rings. The van der Waals surface area contributed by atoms with Crippen LogP contribution in [0.1, 0.15) is 16.1 Å². The van der Waals surface area contributed by atoms with E-state index >= 15 is 0 Å². The monoisotopic (exact) mass is 295 g/mol. The van der Waals surface area contributed by atoms with Crippen LogP contribution in [0, 0.1) is 0 Å². The molecule has 2 heterocycles. The number of carbonyl (C=O) groups excluding carboxylic acids is 1. The SMILES string of the molecule is O=C(NCc1cccnc1)c1cc(-c2cccc(O)c2)on1. The van der Waals surface area contributed by atoms with Gasteiger partial charge in [0.1, 0.15) is 5.75 Å². The molecule has 1 aromatic carbocycles. The molecule has 0 saturated carbocycles. The molecule has 0 unspecified atom stereocenters. The maximum absolute atomic E-state index is 12.0. The minimum atomic E-state index is -0.334. The summed E-state index contributed by atoms with van der Waals surface area (Å²) in [6.07, 6.45) is 3.35. The molecule has 0 radical (unpaired) electrons. The molecule has 0 fully saturated rings. The number of amides is 1. The van der Waals surface area contributed by atoms with Crippen LogP contribution in [-0.2, 0) is 6.54 Å². The Hall–Kier alpha value is -3.15. The van der Waals surface area contributed by atoms with Gasteiger partial charge in [0, 0.05) is 30.6 Å². The van der Waals surface area contributed by atoms with Gasteiger partial charge in [0.15, 0.2) is 11.5 Å². The lowest BCUT2D eigenvalue weighted by molar-refractivity contribution is 0.0942. The zero-order valence-corrected chi connectivity index (χ0v) is 11.6. The molecule has 22 heavy (non-hydrogen) atoms. The molecule has 0 spiro atoms. The molecule has 110 valence electrons. The number of phenolic OH excluding ortho intramolecular Hbond substituents is 1.